The third-order valence-corrected chi connectivity index (χ3v) is 5.01. The second kappa shape index (κ2) is 7.95. The largest absolute Gasteiger partial charge is 0.319 e. The molecular weight excluding hydrogens is 372 g/mol. The molecule has 0 bridgehead atoms. The normalized spacial score (nSPS) is 10.8. The van der Waals surface area contributed by atoms with Crippen LogP contribution in [0.25, 0.3) is 17.1 Å². The van der Waals surface area contributed by atoms with Gasteiger partial charge in [0.2, 0.25) is 5.82 Å². The van der Waals surface area contributed by atoms with Gasteiger partial charge in [0.05, 0.1) is 5.69 Å². The van der Waals surface area contributed by atoms with Gasteiger partial charge in [0.25, 0.3) is 5.91 Å². The summed E-state index contributed by atoms with van der Waals surface area (Å²) in [6, 6.07) is 21.9. The lowest BCUT2D eigenvalue weighted by Crippen LogP contribution is -2.14. The van der Waals surface area contributed by atoms with Crippen molar-refractivity contribution in [1.82, 2.24) is 14.8 Å². The number of anilines is 1. The van der Waals surface area contributed by atoms with Crippen LogP contribution in [0.4, 0.5) is 5.69 Å². The molecule has 1 aromatic heterocycles. The summed E-state index contributed by atoms with van der Waals surface area (Å²) in [5, 5.41) is 7.46. The molecule has 5 heteroatoms. The molecule has 0 radical (unpaired) electrons. The average molecular weight is 396 g/mol. The van der Waals surface area contributed by atoms with Crippen molar-refractivity contribution >= 4 is 11.6 Å². The SMILES string of the molecule is Cc1ccc(NC(=O)c2nc(-c3ccc(C)cc3)n(-c3ccc(C)cc3C)n2)cc1. The van der Waals surface area contributed by atoms with Crippen molar-refractivity contribution in [3.8, 4) is 17.1 Å². The Kier molecular flexibility index (Phi) is 5.19. The topological polar surface area (TPSA) is 59.8 Å². The number of benzene rings is 3. The minimum atomic E-state index is -0.337. The summed E-state index contributed by atoms with van der Waals surface area (Å²) < 4.78 is 1.75. The smallest absolute Gasteiger partial charge is 0.295 e. The standard InChI is InChI=1S/C25H24N4O/c1-16-5-10-20(11-6-16)24-27-23(25(30)26-21-12-7-17(2)8-13-21)28-29(24)22-14-9-18(3)15-19(22)4/h5-15H,1-4H3,(H,26,30). The van der Waals surface area contributed by atoms with Crippen LogP contribution in [0.5, 0.6) is 0 Å². The number of aromatic nitrogens is 3. The first-order valence-corrected chi connectivity index (χ1v) is 9.90. The molecule has 0 spiro atoms. The minimum absolute atomic E-state index is 0.131. The Labute approximate surface area is 176 Å². The molecule has 0 aliphatic heterocycles. The van der Waals surface area contributed by atoms with Crippen LogP contribution in [-0.2, 0) is 0 Å². The van der Waals surface area contributed by atoms with Crippen LogP contribution in [0.15, 0.2) is 66.7 Å². The highest BCUT2D eigenvalue weighted by atomic mass is 16.2. The van der Waals surface area contributed by atoms with E-state index in [0.717, 1.165) is 27.9 Å². The van der Waals surface area contributed by atoms with Crippen molar-refractivity contribution in [3.63, 3.8) is 0 Å². The second-order valence-electron chi connectivity index (χ2n) is 7.65. The highest BCUT2D eigenvalue weighted by Crippen LogP contribution is 2.24. The molecule has 0 fully saturated rings. The summed E-state index contributed by atoms with van der Waals surface area (Å²) in [5.41, 5.74) is 7.05. The second-order valence-corrected chi connectivity index (χ2v) is 7.65. The Morgan fingerprint density at radius 2 is 1.40 bits per heavy atom. The van der Waals surface area contributed by atoms with Crippen LogP contribution < -0.4 is 5.32 Å². The maximum atomic E-state index is 12.9. The third-order valence-electron chi connectivity index (χ3n) is 5.01. The maximum absolute atomic E-state index is 12.9. The van der Waals surface area contributed by atoms with Gasteiger partial charge in [0.15, 0.2) is 5.82 Å². The molecule has 5 nitrogen and oxygen atoms in total. The molecule has 0 saturated heterocycles. The van der Waals surface area contributed by atoms with Crippen molar-refractivity contribution in [2.24, 2.45) is 0 Å². The Balaban J connectivity index is 1.78. The fourth-order valence-corrected chi connectivity index (χ4v) is 3.33. The van der Waals surface area contributed by atoms with E-state index in [4.69, 9.17) is 0 Å². The monoisotopic (exact) mass is 396 g/mol. The zero-order valence-corrected chi connectivity index (χ0v) is 17.6. The summed E-state index contributed by atoms with van der Waals surface area (Å²) in [6.45, 7) is 8.14. The van der Waals surface area contributed by atoms with E-state index in [-0.39, 0.29) is 11.7 Å². The van der Waals surface area contributed by atoms with Gasteiger partial charge >= 0.3 is 0 Å². The highest BCUT2D eigenvalue weighted by Gasteiger charge is 2.20. The van der Waals surface area contributed by atoms with Gasteiger partial charge in [0, 0.05) is 11.3 Å². The van der Waals surface area contributed by atoms with E-state index >= 15 is 0 Å². The molecule has 4 rings (SSSR count). The Morgan fingerprint density at radius 1 is 0.800 bits per heavy atom. The van der Waals surface area contributed by atoms with Crippen LogP contribution in [-0.4, -0.2) is 20.7 Å². The third kappa shape index (κ3) is 4.01. The molecule has 0 aliphatic carbocycles. The van der Waals surface area contributed by atoms with Crippen LogP contribution in [0.1, 0.15) is 32.9 Å². The summed E-state index contributed by atoms with van der Waals surface area (Å²) in [4.78, 5) is 17.5. The predicted octanol–water partition coefficient (Wildman–Crippen LogP) is 5.42. The van der Waals surface area contributed by atoms with E-state index in [1.54, 1.807) is 4.68 Å². The molecule has 0 aliphatic rings. The molecule has 4 aromatic rings. The highest BCUT2D eigenvalue weighted by molar-refractivity contribution is 6.01. The summed E-state index contributed by atoms with van der Waals surface area (Å²) in [6.07, 6.45) is 0. The molecular formula is C25H24N4O. The van der Waals surface area contributed by atoms with Gasteiger partial charge in [0.1, 0.15) is 0 Å². The van der Waals surface area contributed by atoms with Gasteiger partial charge < -0.3 is 5.32 Å². The van der Waals surface area contributed by atoms with E-state index in [9.17, 15) is 4.79 Å². The lowest BCUT2D eigenvalue weighted by atomic mass is 10.1. The van der Waals surface area contributed by atoms with E-state index in [1.807, 2.05) is 81.4 Å². The Morgan fingerprint density at radius 3 is 2.03 bits per heavy atom. The van der Waals surface area contributed by atoms with E-state index < -0.39 is 0 Å². The molecule has 30 heavy (non-hydrogen) atoms. The lowest BCUT2D eigenvalue weighted by Gasteiger charge is -2.10. The van der Waals surface area contributed by atoms with Gasteiger partial charge in [-0.25, -0.2) is 9.67 Å². The fourth-order valence-electron chi connectivity index (χ4n) is 3.33. The first kappa shape index (κ1) is 19.6. The van der Waals surface area contributed by atoms with Crippen molar-refractivity contribution < 1.29 is 4.79 Å². The van der Waals surface area contributed by atoms with E-state index in [0.29, 0.717) is 11.5 Å². The lowest BCUT2D eigenvalue weighted by molar-refractivity contribution is 0.101. The van der Waals surface area contributed by atoms with Gasteiger partial charge in [-0.05, 0) is 51.5 Å². The number of rotatable bonds is 4. The number of amides is 1. The van der Waals surface area contributed by atoms with Crippen LogP contribution in [0.2, 0.25) is 0 Å². The first-order valence-electron chi connectivity index (χ1n) is 9.90. The molecule has 3 aromatic carbocycles. The minimum Gasteiger partial charge on any atom is -0.319 e. The van der Waals surface area contributed by atoms with Gasteiger partial charge in [-0.2, -0.15) is 0 Å². The quantitative estimate of drug-likeness (QED) is 0.501. The number of nitrogens with one attached hydrogen (secondary N) is 1. The van der Waals surface area contributed by atoms with Crippen LogP contribution in [0, 0.1) is 27.7 Å². The number of carbonyl (C=O) groups is 1. The molecule has 0 atom stereocenters. The van der Waals surface area contributed by atoms with Crippen molar-refractivity contribution in [1.29, 1.82) is 0 Å². The Bertz CT molecular complexity index is 1210. The fraction of sp³-hybridized carbons (Fsp3) is 0.160. The number of nitrogens with zero attached hydrogens (tertiary/aromatic N) is 3. The number of hydrogen-bond acceptors (Lipinski definition) is 3. The molecule has 1 N–H and O–H groups in total. The number of hydrogen-bond donors (Lipinski definition) is 1. The predicted molar refractivity (Wildman–Crippen MR) is 120 cm³/mol. The Hall–Kier alpha value is -3.73. The molecule has 1 amide bonds. The average Bonchev–Trinajstić information content (AvgIpc) is 3.15. The number of carbonyl (C=O) groups excluding carboxylic acids is 1. The van der Waals surface area contributed by atoms with E-state index in [2.05, 4.69) is 28.4 Å². The van der Waals surface area contributed by atoms with Gasteiger partial charge in [-0.1, -0.05) is 65.2 Å². The molecule has 0 saturated carbocycles. The first-order chi connectivity index (χ1) is 14.4. The van der Waals surface area contributed by atoms with Crippen LogP contribution in [0.3, 0.4) is 0 Å². The molecule has 150 valence electrons. The van der Waals surface area contributed by atoms with Gasteiger partial charge in [-0.15, -0.1) is 5.10 Å². The summed E-state index contributed by atoms with van der Waals surface area (Å²) in [7, 11) is 0. The molecule has 1 heterocycles. The van der Waals surface area contributed by atoms with Crippen LogP contribution >= 0.6 is 0 Å². The van der Waals surface area contributed by atoms with Crippen molar-refractivity contribution in [2.45, 2.75) is 27.7 Å². The van der Waals surface area contributed by atoms with Crippen molar-refractivity contribution in [3.05, 3.63) is 94.8 Å². The zero-order chi connectivity index (χ0) is 21.3. The molecule has 0 unspecified atom stereocenters. The number of aryl methyl sites for hydroxylation is 4. The van der Waals surface area contributed by atoms with Gasteiger partial charge in [-0.3, -0.25) is 4.79 Å². The van der Waals surface area contributed by atoms with E-state index in [1.165, 1.54) is 5.56 Å². The summed E-state index contributed by atoms with van der Waals surface area (Å²) >= 11 is 0. The van der Waals surface area contributed by atoms with Crippen molar-refractivity contribution in [2.75, 3.05) is 5.32 Å². The maximum Gasteiger partial charge on any atom is 0.295 e. The zero-order valence-electron chi connectivity index (χ0n) is 17.6. The summed E-state index contributed by atoms with van der Waals surface area (Å²) in [5.74, 6) is 0.429.